The Morgan fingerprint density at radius 2 is 2.06 bits per heavy atom. The van der Waals surface area contributed by atoms with Crippen LogP contribution in [0.4, 0.5) is 4.39 Å². The highest BCUT2D eigenvalue weighted by Crippen LogP contribution is 2.50. The average Bonchev–Trinajstić information content (AvgIpc) is 2.93. The fourth-order valence-corrected chi connectivity index (χ4v) is 2.93. The van der Waals surface area contributed by atoms with Gasteiger partial charge in [0.2, 0.25) is 0 Å². The average molecular weight is 246 g/mol. The molecule has 0 aliphatic heterocycles. The molecule has 1 aromatic heterocycles. The van der Waals surface area contributed by atoms with Crippen LogP contribution >= 0.6 is 11.3 Å². The third kappa shape index (κ3) is 1.91. The molecule has 0 spiro atoms. The predicted octanol–water partition coefficient (Wildman–Crippen LogP) is 3.87. The quantitative estimate of drug-likeness (QED) is 0.751. The van der Waals surface area contributed by atoms with Crippen LogP contribution in [-0.4, -0.2) is 5.78 Å². The molecule has 0 amide bonds. The highest BCUT2D eigenvalue weighted by atomic mass is 32.1. The molecule has 1 heterocycles. The highest BCUT2D eigenvalue weighted by Gasteiger charge is 2.45. The minimum atomic E-state index is -0.195. The number of ketones is 1. The van der Waals surface area contributed by atoms with E-state index in [9.17, 15) is 9.18 Å². The number of hydrogen-bond donors (Lipinski definition) is 0. The Hall–Kier alpha value is -1.48. The van der Waals surface area contributed by atoms with E-state index in [1.54, 1.807) is 12.1 Å². The first-order valence-corrected chi connectivity index (χ1v) is 6.47. The van der Waals surface area contributed by atoms with Crippen molar-refractivity contribution < 1.29 is 9.18 Å². The van der Waals surface area contributed by atoms with E-state index in [-0.39, 0.29) is 23.4 Å². The van der Waals surface area contributed by atoms with Crippen LogP contribution in [-0.2, 0) is 0 Å². The van der Waals surface area contributed by atoms with Crippen molar-refractivity contribution >= 4 is 17.1 Å². The Labute approximate surface area is 103 Å². The van der Waals surface area contributed by atoms with Crippen LogP contribution < -0.4 is 0 Å². The minimum Gasteiger partial charge on any atom is -0.293 e. The molecule has 2 unspecified atom stereocenters. The van der Waals surface area contributed by atoms with E-state index in [2.05, 4.69) is 0 Å². The van der Waals surface area contributed by atoms with Crippen molar-refractivity contribution in [3.8, 4) is 0 Å². The van der Waals surface area contributed by atoms with Crippen LogP contribution in [0.25, 0.3) is 0 Å². The molecule has 17 heavy (non-hydrogen) atoms. The van der Waals surface area contributed by atoms with Crippen molar-refractivity contribution in [1.29, 1.82) is 0 Å². The zero-order valence-corrected chi connectivity index (χ0v) is 9.91. The first-order chi connectivity index (χ1) is 8.27. The van der Waals surface area contributed by atoms with E-state index in [0.29, 0.717) is 5.56 Å². The van der Waals surface area contributed by atoms with Crippen LogP contribution in [0.15, 0.2) is 41.8 Å². The lowest BCUT2D eigenvalue weighted by molar-refractivity contribution is 0.0969. The molecule has 1 saturated carbocycles. The van der Waals surface area contributed by atoms with Gasteiger partial charge < -0.3 is 0 Å². The summed E-state index contributed by atoms with van der Waals surface area (Å²) in [6.45, 7) is 0. The highest BCUT2D eigenvalue weighted by molar-refractivity contribution is 7.12. The molecule has 1 aliphatic carbocycles. The predicted molar refractivity (Wildman–Crippen MR) is 65.9 cm³/mol. The van der Waals surface area contributed by atoms with Crippen LogP contribution in [0.3, 0.4) is 0 Å². The Kier molecular flexibility index (Phi) is 2.56. The maximum absolute atomic E-state index is 13.6. The van der Waals surface area contributed by atoms with Gasteiger partial charge in [-0.05, 0) is 35.4 Å². The smallest absolute Gasteiger partial charge is 0.176 e. The molecule has 2 aromatic rings. The molecule has 86 valence electrons. The van der Waals surface area contributed by atoms with E-state index < -0.39 is 0 Å². The number of rotatable bonds is 3. The van der Waals surface area contributed by atoms with Gasteiger partial charge in [-0.15, -0.1) is 11.3 Å². The lowest BCUT2D eigenvalue weighted by atomic mass is 10.1. The normalized spacial score (nSPS) is 22.4. The van der Waals surface area contributed by atoms with Crippen LogP contribution in [0.5, 0.6) is 0 Å². The summed E-state index contributed by atoms with van der Waals surface area (Å²) in [6.07, 6.45) is 0.775. The number of hydrogen-bond acceptors (Lipinski definition) is 2. The largest absolute Gasteiger partial charge is 0.293 e. The summed E-state index contributed by atoms with van der Waals surface area (Å²) >= 11 is 1.46. The maximum atomic E-state index is 13.6. The van der Waals surface area contributed by atoms with Gasteiger partial charge >= 0.3 is 0 Å². The maximum Gasteiger partial charge on any atom is 0.176 e. The molecule has 1 nitrogen and oxygen atoms in total. The first-order valence-electron chi connectivity index (χ1n) is 5.59. The summed E-state index contributed by atoms with van der Waals surface area (Å²) in [6, 6.07) is 10.4. The van der Waals surface area contributed by atoms with Crippen LogP contribution in [0, 0.1) is 11.7 Å². The molecule has 2 atom stereocenters. The molecule has 0 radical (unpaired) electrons. The fourth-order valence-electron chi connectivity index (χ4n) is 2.21. The van der Waals surface area contributed by atoms with Gasteiger partial charge in [0.15, 0.2) is 5.78 Å². The summed E-state index contributed by atoms with van der Waals surface area (Å²) < 4.78 is 13.6. The van der Waals surface area contributed by atoms with Crippen molar-refractivity contribution in [2.24, 2.45) is 5.92 Å². The summed E-state index contributed by atoms with van der Waals surface area (Å²) in [5, 5.41) is 1.90. The Balaban J connectivity index is 1.79. The Morgan fingerprint density at radius 1 is 1.24 bits per heavy atom. The van der Waals surface area contributed by atoms with Crippen molar-refractivity contribution in [3.63, 3.8) is 0 Å². The lowest BCUT2D eigenvalue weighted by Crippen LogP contribution is -2.01. The Morgan fingerprint density at radius 3 is 2.76 bits per heavy atom. The molecule has 1 fully saturated rings. The van der Waals surface area contributed by atoms with Crippen molar-refractivity contribution in [3.05, 3.63) is 58.0 Å². The number of benzene rings is 1. The number of halogens is 1. The minimum absolute atomic E-state index is 0.0226. The molecular weight excluding hydrogens is 235 g/mol. The van der Waals surface area contributed by atoms with Gasteiger partial charge in [0.1, 0.15) is 5.82 Å². The monoisotopic (exact) mass is 246 g/mol. The molecule has 0 saturated heterocycles. The van der Waals surface area contributed by atoms with Crippen LogP contribution in [0.2, 0.25) is 0 Å². The summed E-state index contributed by atoms with van der Waals surface area (Å²) in [5.41, 5.74) is 0.683. The number of thiophene rings is 1. The topological polar surface area (TPSA) is 17.1 Å². The van der Waals surface area contributed by atoms with Crippen molar-refractivity contribution in [2.75, 3.05) is 0 Å². The van der Waals surface area contributed by atoms with Gasteiger partial charge in [-0.1, -0.05) is 24.3 Å². The van der Waals surface area contributed by atoms with E-state index in [0.717, 1.165) is 11.3 Å². The van der Waals surface area contributed by atoms with Gasteiger partial charge in [0, 0.05) is 5.92 Å². The molecule has 3 heteroatoms. The first kappa shape index (κ1) is 10.7. The van der Waals surface area contributed by atoms with E-state index >= 15 is 0 Å². The molecule has 3 rings (SSSR count). The third-order valence-electron chi connectivity index (χ3n) is 3.20. The van der Waals surface area contributed by atoms with E-state index in [1.165, 1.54) is 17.4 Å². The second kappa shape index (κ2) is 4.08. The number of carbonyl (C=O) groups is 1. The van der Waals surface area contributed by atoms with Crippen LogP contribution in [0.1, 0.15) is 27.6 Å². The summed E-state index contributed by atoms with van der Waals surface area (Å²) in [5.74, 6) is 0.0172. The number of Topliss-reactive ketones (excluding diaryl/α,β-unsaturated/α-hetero) is 1. The van der Waals surface area contributed by atoms with Gasteiger partial charge in [0.05, 0.1) is 4.88 Å². The van der Waals surface area contributed by atoms with Crippen molar-refractivity contribution in [2.45, 2.75) is 12.3 Å². The molecular formula is C14H11FOS. The van der Waals surface area contributed by atoms with Gasteiger partial charge in [0.25, 0.3) is 0 Å². The van der Waals surface area contributed by atoms with E-state index in [4.69, 9.17) is 0 Å². The van der Waals surface area contributed by atoms with Gasteiger partial charge in [-0.25, -0.2) is 4.39 Å². The zero-order valence-electron chi connectivity index (χ0n) is 9.10. The van der Waals surface area contributed by atoms with Gasteiger partial charge in [-0.3, -0.25) is 4.79 Å². The molecule has 1 aromatic carbocycles. The number of carbonyl (C=O) groups excluding carboxylic acids is 1. The molecule has 1 aliphatic rings. The zero-order chi connectivity index (χ0) is 11.8. The standard InChI is InChI=1S/C14H11FOS/c15-12-5-2-1-4-9(12)10-8-11(10)14(16)13-6-3-7-17-13/h1-7,10-11H,8H2. The van der Waals surface area contributed by atoms with Gasteiger partial charge in [-0.2, -0.15) is 0 Å². The molecule has 0 N–H and O–H groups in total. The summed E-state index contributed by atoms with van der Waals surface area (Å²) in [4.78, 5) is 12.8. The Bertz CT molecular complexity index is 547. The van der Waals surface area contributed by atoms with Crippen molar-refractivity contribution in [1.82, 2.24) is 0 Å². The summed E-state index contributed by atoms with van der Waals surface area (Å²) in [7, 11) is 0. The third-order valence-corrected chi connectivity index (χ3v) is 4.08. The van der Waals surface area contributed by atoms with E-state index in [1.807, 2.05) is 23.6 Å². The second-order valence-electron chi connectivity index (χ2n) is 4.31. The fraction of sp³-hybridized carbons (Fsp3) is 0.214. The molecule has 0 bridgehead atoms. The SMILES string of the molecule is O=C(c1cccs1)C1CC1c1ccccc1F. The second-order valence-corrected chi connectivity index (χ2v) is 5.26. The lowest BCUT2D eigenvalue weighted by Gasteiger charge is -2.00.